The molecule has 0 radical (unpaired) electrons. The minimum Gasteiger partial charge on any atom is -0.321 e. The van der Waals surface area contributed by atoms with Crippen LogP contribution in [-0.2, 0) is 6.18 Å². The molecule has 2 rings (SSSR count). The maximum atomic E-state index is 12.7. The lowest BCUT2D eigenvalue weighted by Crippen LogP contribution is -2.14. The number of rotatable bonds is 2. The number of hydrogen-bond acceptors (Lipinski definition) is 2. The number of hydrogen-bond donors (Lipinski definition) is 1. The van der Waals surface area contributed by atoms with Gasteiger partial charge in [0.1, 0.15) is 0 Å². The molecule has 1 amide bonds. The van der Waals surface area contributed by atoms with Gasteiger partial charge in [0.2, 0.25) is 0 Å². The summed E-state index contributed by atoms with van der Waals surface area (Å²) in [6.07, 6.45) is -1.85. The van der Waals surface area contributed by atoms with Crippen molar-refractivity contribution in [1.82, 2.24) is 4.98 Å². The summed E-state index contributed by atoms with van der Waals surface area (Å²) < 4.78 is 38.3. The predicted molar refractivity (Wildman–Crippen MR) is 76.3 cm³/mol. The first kappa shape index (κ1) is 15.8. The van der Waals surface area contributed by atoms with Crippen molar-refractivity contribution >= 4 is 39.1 Å². The third kappa shape index (κ3) is 3.74. The van der Waals surface area contributed by atoms with Gasteiger partial charge in [-0.3, -0.25) is 9.78 Å². The van der Waals surface area contributed by atoms with Gasteiger partial charge < -0.3 is 5.32 Å². The summed E-state index contributed by atoms with van der Waals surface area (Å²) in [6.45, 7) is 0. The van der Waals surface area contributed by atoms with E-state index in [1.807, 2.05) is 0 Å². The largest absolute Gasteiger partial charge is 0.416 e. The molecule has 0 saturated carbocycles. The summed E-state index contributed by atoms with van der Waals surface area (Å²) in [6, 6.07) is 4.35. The molecule has 0 spiro atoms. The van der Waals surface area contributed by atoms with Crippen molar-refractivity contribution in [2.75, 3.05) is 5.32 Å². The molecule has 0 unspecified atom stereocenters. The van der Waals surface area contributed by atoms with Gasteiger partial charge in [-0.25, -0.2) is 0 Å². The molecule has 1 aromatic carbocycles. The highest BCUT2D eigenvalue weighted by Crippen LogP contribution is 2.34. The van der Waals surface area contributed by atoms with Crippen LogP contribution >= 0.6 is 27.5 Å². The molecule has 8 heteroatoms. The van der Waals surface area contributed by atoms with Gasteiger partial charge in [0.15, 0.2) is 0 Å². The van der Waals surface area contributed by atoms with Crippen LogP contribution in [0.4, 0.5) is 18.9 Å². The Labute approximate surface area is 131 Å². The summed E-state index contributed by atoms with van der Waals surface area (Å²) in [5.74, 6) is -0.623. The molecule has 110 valence electrons. The number of nitrogens with zero attached hydrogens (tertiary/aromatic N) is 1. The maximum Gasteiger partial charge on any atom is 0.416 e. The smallest absolute Gasteiger partial charge is 0.321 e. The fraction of sp³-hybridized carbons (Fsp3) is 0.0769. The molecule has 1 aromatic heterocycles. The van der Waals surface area contributed by atoms with E-state index in [4.69, 9.17) is 11.6 Å². The molecule has 0 saturated heterocycles. The average molecular weight is 380 g/mol. The van der Waals surface area contributed by atoms with Crippen LogP contribution in [0.2, 0.25) is 5.02 Å². The number of anilines is 1. The lowest BCUT2D eigenvalue weighted by molar-refractivity contribution is -0.137. The van der Waals surface area contributed by atoms with Crippen LogP contribution in [-0.4, -0.2) is 10.9 Å². The van der Waals surface area contributed by atoms with Crippen LogP contribution in [0.25, 0.3) is 0 Å². The van der Waals surface area contributed by atoms with Crippen molar-refractivity contribution in [3.63, 3.8) is 0 Å². The van der Waals surface area contributed by atoms with E-state index in [-0.39, 0.29) is 16.3 Å². The highest BCUT2D eigenvalue weighted by atomic mass is 79.9. The summed E-state index contributed by atoms with van der Waals surface area (Å²) in [4.78, 5) is 15.8. The number of amides is 1. The molecule has 0 atom stereocenters. The number of halogens is 5. The first-order valence-corrected chi connectivity index (χ1v) is 6.74. The van der Waals surface area contributed by atoms with Crippen LogP contribution in [0, 0.1) is 0 Å². The SMILES string of the molecule is O=C(Nc1cc(C(F)(F)F)ccc1Br)c1ccncc1Cl. The van der Waals surface area contributed by atoms with E-state index in [1.54, 1.807) is 0 Å². The lowest BCUT2D eigenvalue weighted by Gasteiger charge is -2.12. The summed E-state index contributed by atoms with van der Waals surface area (Å²) in [7, 11) is 0. The molecule has 21 heavy (non-hydrogen) atoms. The van der Waals surface area contributed by atoms with Crippen LogP contribution < -0.4 is 5.32 Å². The predicted octanol–water partition coefficient (Wildman–Crippen LogP) is 4.77. The van der Waals surface area contributed by atoms with E-state index in [2.05, 4.69) is 26.2 Å². The van der Waals surface area contributed by atoms with Gasteiger partial charge in [-0.2, -0.15) is 13.2 Å². The van der Waals surface area contributed by atoms with Crippen LogP contribution in [0.3, 0.4) is 0 Å². The number of carbonyl (C=O) groups excluding carboxylic acids is 1. The van der Waals surface area contributed by atoms with E-state index in [1.165, 1.54) is 24.5 Å². The Balaban J connectivity index is 2.31. The fourth-order valence-electron chi connectivity index (χ4n) is 1.55. The monoisotopic (exact) mass is 378 g/mol. The molecule has 0 aliphatic carbocycles. The van der Waals surface area contributed by atoms with Gasteiger partial charge >= 0.3 is 6.18 Å². The van der Waals surface area contributed by atoms with Crippen molar-refractivity contribution < 1.29 is 18.0 Å². The Morgan fingerprint density at radius 2 is 2.00 bits per heavy atom. The second kappa shape index (κ2) is 6.03. The highest BCUT2D eigenvalue weighted by Gasteiger charge is 2.31. The van der Waals surface area contributed by atoms with Crippen LogP contribution in [0.1, 0.15) is 15.9 Å². The molecule has 3 nitrogen and oxygen atoms in total. The molecular weight excluding hydrogens is 373 g/mol. The van der Waals surface area contributed by atoms with Crippen LogP contribution in [0.5, 0.6) is 0 Å². The Kier molecular flexibility index (Phi) is 4.53. The van der Waals surface area contributed by atoms with Gasteiger partial charge in [0.05, 0.1) is 21.8 Å². The molecule has 1 heterocycles. The minimum atomic E-state index is -4.49. The molecule has 1 N–H and O–H groups in total. The summed E-state index contributed by atoms with van der Waals surface area (Å²) >= 11 is 8.90. The van der Waals surface area contributed by atoms with Gasteiger partial charge in [0.25, 0.3) is 5.91 Å². The van der Waals surface area contributed by atoms with Gasteiger partial charge in [-0.15, -0.1) is 0 Å². The first-order chi connectivity index (χ1) is 9.79. The zero-order chi connectivity index (χ0) is 15.6. The van der Waals surface area contributed by atoms with Crippen LogP contribution in [0.15, 0.2) is 41.1 Å². The van der Waals surface area contributed by atoms with Crippen molar-refractivity contribution in [2.24, 2.45) is 0 Å². The summed E-state index contributed by atoms with van der Waals surface area (Å²) in [5, 5.41) is 2.49. The van der Waals surface area contributed by atoms with Gasteiger partial charge in [0, 0.05) is 16.9 Å². The Hall–Kier alpha value is -1.60. The van der Waals surface area contributed by atoms with E-state index < -0.39 is 17.6 Å². The van der Waals surface area contributed by atoms with Crippen molar-refractivity contribution in [3.05, 3.63) is 57.3 Å². The number of carbonyl (C=O) groups is 1. The maximum absolute atomic E-state index is 12.7. The number of aromatic nitrogens is 1. The molecule has 0 bridgehead atoms. The van der Waals surface area contributed by atoms with Gasteiger partial charge in [-0.1, -0.05) is 11.6 Å². The Morgan fingerprint density at radius 3 is 2.62 bits per heavy atom. The molecule has 0 aliphatic rings. The molecule has 0 aliphatic heterocycles. The van der Waals surface area contributed by atoms with E-state index in [0.717, 1.165) is 12.1 Å². The minimum absolute atomic E-state index is 0.00250. The van der Waals surface area contributed by atoms with E-state index in [9.17, 15) is 18.0 Å². The fourth-order valence-corrected chi connectivity index (χ4v) is 2.10. The summed E-state index contributed by atoms with van der Waals surface area (Å²) in [5.41, 5.74) is -0.736. The highest BCUT2D eigenvalue weighted by molar-refractivity contribution is 9.10. The number of alkyl halides is 3. The normalized spacial score (nSPS) is 11.3. The third-order valence-electron chi connectivity index (χ3n) is 2.56. The molecule has 2 aromatic rings. The van der Waals surface area contributed by atoms with Gasteiger partial charge in [-0.05, 0) is 40.2 Å². The van der Waals surface area contributed by atoms with Crippen molar-refractivity contribution in [1.29, 1.82) is 0 Å². The number of nitrogens with one attached hydrogen (secondary N) is 1. The Morgan fingerprint density at radius 1 is 1.29 bits per heavy atom. The molecular formula is C13H7BrClF3N2O. The average Bonchev–Trinajstić information content (AvgIpc) is 2.40. The second-order valence-electron chi connectivity index (χ2n) is 4.00. The molecule has 0 fully saturated rings. The third-order valence-corrected chi connectivity index (χ3v) is 3.55. The van der Waals surface area contributed by atoms with E-state index >= 15 is 0 Å². The zero-order valence-corrected chi connectivity index (χ0v) is 12.6. The Bertz CT molecular complexity index is 691. The number of pyridine rings is 1. The topological polar surface area (TPSA) is 42.0 Å². The first-order valence-electron chi connectivity index (χ1n) is 5.56. The zero-order valence-electron chi connectivity index (χ0n) is 10.2. The quantitative estimate of drug-likeness (QED) is 0.817. The lowest BCUT2D eigenvalue weighted by atomic mass is 10.2. The van der Waals surface area contributed by atoms with E-state index in [0.29, 0.717) is 4.47 Å². The number of benzene rings is 1. The van der Waals surface area contributed by atoms with Crippen molar-refractivity contribution in [3.8, 4) is 0 Å². The second-order valence-corrected chi connectivity index (χ2v) is 5.26. The standard InChI is InChI=1S/C13H7BrClF3N2O/c14-9-2-1-7(13(16,17)18)5-11(9)20-12(21)8-3-4-19-6-10(8)15/h1-6H,(H,20,21). The van der Waals surface area contributed by atoms with Crippen molar-refractivity contribution in [2.45, 2.75) is 6.18 Å².